The molecule has 1 heterocycles. The minimum atomic E-state index is -0.569. The molecular formula is C21H18ClNO3S. The molecule has 0 saturated heterocycles. The second kappa shape index (κ2) is 7.71. The summed E-state index contributed by atoms with van der Waals surface area (Å²) in [7, 11) is 0. The number of esters is 1. The zero-order valence-corrected chi connectivity index (χ0v) is 16.1. The molecule has 0 saturated carbocycles. The lowest BCUT2D eigenvalue weighted by molar-refractivity contribution is -0.125. The third-order valence-corrected chi connectivity index (χ3v) is 6.41. The fourth-order valence-corrected chi connectivity index (χ4v) is 4.88. The number of nitrogens with one attached hydrogen (secondary N) is 1. The predicted octanol–water partition coefficient (Wildman–Crippen LogP) is 4.91. The predicted molar refractivity (Wildman–Crippen MR) is 107 cm³/mol. The number of hydrogen-bond acceptors (Lipinski definition) is 4. The van der Waals surface area contributed by atoms with Crippen molar-refractivity contribution in [3.63, 3.8) is 0 Å². The average Bonchev–Trinajstić information content (AvgIpc) is 3.03. The maximum Gasteiger partial charge on any atom is 0.350 e. The third kappa shape index (κ3) is 3.70. The summed E-state index contributed by atoms with van der Waals surface area (Å²) in [4.78, 5) is 25.0. The van der Waals surface area contributed by atoms with E-state index in [0.717, 1.165) is 34.9 Å². The fourth-order valence-electron chi connectivity index (χ4n) is 3.48. The van der Waals surface area contributed by atoms with Crippen molar-refractivity contribution >= 4 is 44.9 Å². The van der Waals surface area contributed by atoms with Crippen LogP contribution in [0.3, 0.4) is 0 Å². The lowest BCUT2D eigenvalue weighted by Crippen LogP contribution is -2.34. The van der Waals surface area contributed by atoms with Gasteiger partial charge in [-0.2, -0.15) is 0 Å². The number of ether oxygens (including phenoxy) is 1. The van der Waals surface area contributed by atoms with Gasteiger partial charge in [-0.1, -0.05) is 54.1 Å². The molecule has 6 heteroatoms. The molecule has 0 unspecified atom stereocenters. The van der Waals surface area contributed by atoms with Gasteiger partial charge in [0.1, 0.15) is 4.88 Å². The summed E-state index contributed by atoms with van der Waals surface area (Å²) >= 11 is 7.56. The Morgan fingerprint density at radius 1 is 1.15 bits per heavy atom. The molecule has 1 N–H and O–H groups in total. The second-order valence-corrected chi connectivity index (χ2v) is 7.96. The van der Waals surface area contributed by atoms with Crippen molar-refractivity contribution in [3.8, 4) is 0 Å². The minimum absolute atomic E-state index is 0.0333. The molecule has 3 aromatic rings. The molecule has 1 aromatic heterocycles. The molecule has 0 radical (unpaired) electrons. The molecule has 0 spiro atoms. The summed E-state index contributed by atoms with van der Waals surface area (Å²) in [5.41, 5.74) is 2.42. The monoisotopic (exact) mass is 399 g/mol. The maximum absolute atomic E-state index is 12.4. The van der Waals surface area contributed by atoms with Crippen LogP contribution < -0.4 is 5.32 Å². The standard InChI is InChI=1S/C21H18ClNO3S/c22-19-15-9-3-4-11-17(15)27-20(19)21(25)26-12-18(24)23-16-10-5-7-13-6-1-2-8-14(13)16/h1-4,6,8-9,11,16H,5,7,10,12H2,(H,23,24)/t16-/m1/s1. The van der Waals surface area contributed by atoms with Gasteiger partial charge >= 0.3 is 5.97 Å². The lowest BCUT2D eigenvalue weighted by Gasteiger charge is -2.26. The average molecular weight is 400 g/mol. The summed E-state index contributed by atoms with van der Waals surface area (Å²) in [5.74, 6) is -0.873. The van der Waals surface area contributed by atoms with Crippen molar-refractivity contribution in [1.82, 2.24) is 5.32 Å². The number of aryl methyl sites for hydroxylation is 1. The summed E-state index contributed by atoms with van der Waals surface area (Å²) in [6, 6.07) is 15.6. The molecule has 1 amide bonds. The molecular weight excluding hydrogens is 382 g/mol. The van der Waals surface area contributed by atoms with E-state index in [2.05, 4.69) is 11.4 Å². The molecule has 0 fully saturated rings. The van der Waals surface area contributed by atoms with Crippen LogP contribution in [0.5, 0.6) is 0 Å². The Bertz CT molecular complexity index is 1010. The number of thiophene rings is 1. The van der Waals surface area contributed by atoms with Gasteiger partial charge < -0.3 is 10.1 Å². The van der Waals surface area contributed by atoms with Gasteiger partial charge in [-0.25, -0.2) is 4.79 Å². The van der Waals surface area contributed by atoms with Gasteiger partial charge in [0.2, 0.25) is 0 Å². The molecule has 4 rings (SSSR count). The van der Waals surface area contributed by atoms with E-state index in [4.69, 9.17) is 16.3 Å². The van der Waals surface area contributed by atoms with E-state index < -0.39 is 5.97 Å². The molecule has 0 bridgehead atoms. The Labute approximate surface area is 166 Å². The molecule has 0 aliphatic heterocycles. The molecule has 27 heavy (non-hydrogen) atoms. The van der Waals surface area contributed by atoms with Crippen molar-refractivity contribution in [2.24, 2.45) is 0 Å². The van der Waals surface area contributed by atoms with E-state index in [1.165, 1.54) is 16.9 Å². The summed E-state index contributed by atoms with van der Waals surface area (Å²) in [6.45, 7) is -0.317. The Balaban J connectivity index is 1.39. The number of benzene rings is 2. The van der Waals surface area contributed by atoms with Crippen LogP contribution in [0.2, 0.25) is 5.02 Å². The van der Waals surface area contributed by atoms with Gasteiger partial charge in [-0.15, -0.1) is 11.3 Å². The minimum Gasteiger partial charge on any atom is -0.451 e. The first-order valence-electron chi connectivity index (χ1n) is 8.85. The smallest absolute Gasteiger partial charge is 0.350 e. The third-order valence-electron chi connectivity index (χ3n) is 4.76. The highest BCUT2D eigenvalue weighted by atomic mass is 35.5. The van der Waals surface area contributed by atoms with Gasteiger partial charge in [0, 0.05) is 10.1 Å². The second-order valence-electron chi connectivity index (χ2n) is 6.53. The SMILES string of the molecule is O=C(COC(=O)c1sc2ccccc2c1Cl)N[C@@H]1CCCc2ccccc21. The number of carbonyl (C=O) groups excluding carboxylic acids is 2. The van der Waals surface area contributed by atoms with Gasteiger partial charge in [0.15, 0.2) is 6.61 Å². The highest BCUT2D eigenvalue weighted by Crippen LogP contribution is 2.35. The van der Waals surface area contributed by atoms with Crippen LogP contribution in [0, 0.1) is 0 Å². The summed E-state index contributed by atoms with van der Waals surface area (Å²) in [5, 5.41) is 4.17. The number of halogens is 1. The normalized spacial score (nSPS) is 16.0. The Morgan fingerprint density at radius 3 is 2.78 bits per heavy atom. The first-order chi connectivity index (χ1) is 13.1. The topological polar surface area (TPSA) is 55.4 Å². The van der Waals surface area contributed by atoms with Crippen LogP contribution in [0.1, 0.15) is 39.7 Å². The van der Waals surface area contributed by atoms with Gasteiger partial charge in [0.25, 0.3) is 5.91 Å². The van der Waals surface area contributed by atoms with Crippen molar-refractivity contribution < 1.29 is 14.3 Å². The lowest BCUT2D eigenvalue weighted by atomic mass is 9.88. The first-order valence-corrected chi connectivity index (χ1v) is 10.0. The number of carbonyl (C=O) groups is 2. The van der Waals surface area contributed by atoms with Gasteiger partial charge in [0.05, 0.1) is 11.1 Å². The van der Waals surface area contributed by atoms with Crippen LogP contribution in [0.25, 0.3) is 10.1 Å². The van der Waals surface area contributed by atoms with Gasteiger partial charge in [-0.3, -0.25) is 4.79 Å². The van der Waals surface area contributed by atoms with E-state index >= 15 is 0 Å². The van der Waals surface area contributed by atoms with Crippen LogP contribution >= 0.6 is 22.9 Å². The van der Waals surface area contributed by atoms with Crippen molar-refractivity contribution in [2.45, 2.75) is 25.3 Å². The molecule has 1 atom stereocenters. The number of amides is 1. The first kappa shape index (κ1) is 18.0. The van der Waals surface area contributed by atoms with Crippen LogP contribution in [-0.2, 0) is 16.0 Å². The molecule has 138 valence electrons. The van der Waals surface area contributed by atoms with E-state index in [9.17, 15) is 9.59 Å². The molecule has 2 aromatic carbocycles. The van der Waals surface area contributed by atoms with E-state index in [0.29, 0.717) is 9.90 Å². The van der Waals surface area contributed by atoms with Crippen molar-refractivity contribution in [3.05, 3.63) is 69.6 Å². The number of fused-ring (bicyclic) bond motifs is 2. The fraction of sp³-hybridized carbons (Fsp3) is 0.238. The van der Waals surface area contributed by atoms with Crippen LogP contribution in [-0.4, -0.2) is 18.5 Å². The number of rotatable bonds is 4. The van der Waals surface area contributed by atoms with Crippen molar-refractivity contribution in [2.75, 3.05) is 6.61 Å². The highest BCUT2D eigenvalue weighted by Gasteiger charge is 2.23. The molecule has 4 nitrogen and oxygen atoms in total. The van der Waals surface area contributed by atoms with E-state index in [1.807, 2.05) is 42.5 Å². The Morgan fingerprint density at radius 2 is 1.93 bits per heavy atom. The quantitative estimate of drug-likeness (QED) is 0.634. The van der Waals surface area contributed by atoms with Crippen LogP contribution in [0.4, 0.5) is 0 Å². The molecule has 1 aliphatic rings. The zero-order chi connectivity index (χ0) is 18.8. The molecule has 1 aliphatic carbocycles. The van der Waals surface area contributed by atoms with E-state index in [1.54, 1.807) is 0 Å². The van der Waals surface area contributed by atoms with Gasteiger partial charge in [-0.05, 0) is 36.5 Å². The zero-order valence-electron chi connectivity index (χ0n) is 14.5. The Kier molecular flexibility index (Phi) is 5.14. The Hall–Kier alpha value is -2.37. The van der Waals surface area contributed by atoms with Crippen molar-refractivity contribution in [1.29, 1.82) is 0 Å². The summed E-state index contributed by atoms with van der Waals surface area (Å²) < 4.78 is 6.12. The summed E-state index contributed by atoms with van der Waals surface area (Å²) in [6.07, 6.45) is 2.94. The number of hydrogen-bond donors (Lipinski definition) is 1. The van der Waals surface area contributed by atoms with E-state index in [-0.39, 0.29) is 18.6 Å². The highest BCUT2D eigenvalue weighted by molar-refractivity contribution is 7.21. The maximum atomic E-state index is 12.4. The largest absolute Gasteiger partial charge is 0.451 e. The van der Waals surface area contributed by atoms with Crippen LogP contribution in [0.15, 0.2) is 48.5 Å².